The lowest BCUT2D eigenvalue weighted by Crippen LogP contribution is -2.59. The van der Waals surface area contributed by atoms with E-state index in [0.717, 1.165) is 0 Å². The van der Waals surface area contributed by atoms with Gasteiger partial charge in [-0.3, -0.25) is 19.2 Å². The first-order valence-corrected chi connectivity index (χ1v) is 8.63. The maximum absolute atomic E-state index is 12.4. The predicted molar refractivity (Wildman–Crippen MR) is 97.4 cm³/mol. The van der Waals surface area contributed by atoms with Crippen molar-refractivity contribution in [2.24, 2.45) is 17.4 Å². The number of aliphatic hydroxyl groups excluding tert-OH is 1. The molecule has 0 saturated carbocycles. The number of carbonyl (C=O) groups is 5. The molecule has 0 aliphatic rings. The standard InChI is InChI=1S/C16H29N5O7/c1-6(2)12(21-14(25)11(18)8(4)22)15(26)19-7(3)13(24)20-9(16(27)28)5-10(17)23/h6-9,11-12,22H,5,18H2,1-4H3,(H2,17,23)(H,19,26)(H,20,24)(H,21,25)(H,27,28). The number of nitrogens with two attached hydrogens (primary N) is 2. The zero-order chi connectivity index (χ0) is 22.2. The quantitative estimate of drug-likeness (QED) is 0.186. The second-order valence-electron chi connectivity index (χ2n) is 6.80. The van der Waals surface area contributed by atoms with Gasteiger partial charge in [0.2, 0.25) is 23.6 Å². The van der Waals surface area contributed by atoms with Crippen molar-refractivity contribution >= 4 is 29.6 Å². The summed E-state index contributed by atoms with van der Waals surface area (Å²) in [7, 11) is 0. The van der Waals surface area contributed by atoms with Crippen LogP contribution in [0.1, 0.15) is 34.1 Å². The van der Waals surface area contributed by atoms with Crippen LogP contribution in [0.25, 0.3) is 0 Å². The van der Waals surface area contributed by atoms with E-state index in [9.17, 15) is 29.1 Å². The molecule has 0 spiro atoms. The Balaban J connectivity index is 5.01. The molecular weight excluding hydrogens is 374 g/mol. The zero-order valence-electron chi connectivity index (χ0n) is 16.3. The second kappa shape index (κ2) is 11.2. The highest BCUT2D eigenvalue weighted by molar-refractivity contribution is 5.94. The maximum Gasteiger partial charge on any atom is 0.326 e. The first-order chi connectivity index (χ1) is 12.8. The van der Waals surface area contributed by atoms with Gasteiger partial charge in [0.1, 0.15) is 24.2 Å². The lowest BCUT2D eigenvalue weighted by Gasteiger charge is -2.26. The molecule has 160 valence electrons. The van der Waals surface area contributed by atoms with Crippen molar-refractivity contribution < 1.29 is 34.2 Å². The maximum atomic E-state index is 12.4. The van der Waals surface area contributed by atoms with Crippen LogP contribution in [0.4, 0.5) is 0 Å². The average Bonchev–Trinajstić information content (AvgIpc) is 2.56. The molecule has 4 amide bonds. The van der Waals surface area contributed by atoms with Crippen LogP contribution in [-0.4, -0.2) is 70.1 Å². The van der Waals surface area contributed by atoms with Gasteiger partial charge in [-0.1, -0.05) is 13.8 Å². The summed E-state index contributed by atoms with van der Waals surface area (Å²) in [5.74, 6) is -5.04. The minimum atomic E-state index is -1.53. The third-order valence-corrected chi connectivity index (χ3v) is 3.84. The highest BCUT2D eigenvalue weighted by Crippen LogP contribution is 2.04. The van der Waals surface area contributed by atoms with Gasteiger partial charge in [-0.25, -0.2) is 4.79 Å². The van der Waals surface area contributed by atoms with E-state index in [1.165, 1.54) is 13.8 Å². The van der Waals surface area contributed by atoms with E-state index in [-0.39, 0.29) is 5.92 Å². The molecular formula is C16H29N5O7. The Labute approximate surface area is 162 Å². The van der Waals surface area contributed by atoms with Crippen LogP contribution < -0.4 is 27.4 Å². The molecule has 5 unspecified atom stereocenters. The van der Waals surface area contributed by atoms with Crippen molar-refractivity contribution in [1.82, 2.24) is 16.0 Å². The number of aliphatic carboxylic acids is 1. The van der Waals surface area contributed by atoms with E-state index >= 15 is 0 Å². The molecule has 5 atom stereocenters. The van der Waals surface area contributed by atoms with Gasteiger partial charge >= 0.3 is 5.97 Å². The summed E-state index contributed by atoms with van der Waals surface area (Å²) in [6.45, 7) is 5.93. The molecule has 0 fully saturated rings. The Bertz CT molecular complexity index is 608. The van der Waals surface area contributed by atoms with E-state index in [0.29, 0.717) is 0 Å². The fourth-order valence-electron chi connectivity index (χ4n) is 2.07. The van der Waals surface area contributed by atoms with Crippen LogP contribution in [-0.2, 0) is 24.0 Å². The molecule has 0 aromatic carbocycles. The monoisotopic (exact) mass is 403 g/mol. The number of hydrogen-bond donors (Lipinski definition) is 7. The number of aliphatic hydroxyl groups is 1. The summed E-state index contributed by atoms with van der Waals surface area (Å²) in [6.07, 6.45) is -1.73. The smallest absolute Gasteiger partial charge is 0.326 e. The number of carboxylic acids is 1. The number of amides is 4. The topological polar surface area (TPSA) is 214 Å². The van der Waals surface area contributed by atoms with Gasteiger partial charge in [-0.05, 0) is 19.8 Å². The zero-order valence-corrected chi connectivity index (χ0v) is 16.3. The molecule has 0 saturated heterocycles. The highest BCUT2D eigenvalue weighted by atomic mass is 16.4. The van der Waals surface area contributed by atoms with E-state index in [1.54, 1.807) is 13.8 Å². The van der Waals surface area contributed by atoms with Gasteiger partial charge in [-0.15, -0.1) is 0 Å². The van der Waals surface area contributed by atoms with Crippen molar-refractivity contribution in [3.63, 3.8) is 0 Å². The highest BCUT2D eigenvalue weighted by Gasteiger charge is 2.31. The summed E-state index contributed by atoms with van der Waals surface area (Å²) in [5.41, 5.74) is 10.5. The molecule has 0 aromatic rings. The molecule has 0 aliphatic carbocycles. The fraction of sp³-hybridized carbons (Fsp3) is 0.688. The van der Waals surface area contributed by atoms with Crippen LogP contribution in [0.15, 0.2) is 0 Å². The van der Waals surface area contributed by atoms with Crippen LogP contribution in [0.2, 0.25) is 0 Å². The number of primary amides is 1. The Hall–Kier alpha value is -2.73. The van der Waals surface area contributed by atoms with E-state index in [4.69, 9.17) is 16.6 Å². The summed E-state index contributed by atoms with van der Waals surface area (Å²) >= 11 is 0. The molecule has 12 nitrogen and oxygen atoms in total. The third-order valence-electron chi connectivity index (χ3n) is 3.84. The van der Waals surface area contributed by atoms with Crippen molar-refractivity contribution in [3.8, 4) is 0 Å². The van der Waals surface area contributed by atoms with E-state index in [2.05, 4.69) is 16.0 Å². The predicted octanol–water partition coefficient (Wildman–Crippen LogP) is -3.22. The molecule has 0 heterocycles. The Kier molecular flexibility index (Phi) is 10.1. The number of rotatable bonds is 11. The molecule has 0 radical (unpaired) electrons. The van der Waals surface area contributed by atoms with Crippen LogP contribution in [0.3, 0.4) is 0 Å². The summed E-state index contributed by atoms with van der Waals surface area (Å²) in [6, 6.07) is -4.98. The van der Waals surface area contributed by atoms with Crippen LogP contribution in [0, 0.1) is 5.92 Å². The number of carboxylic acid groups (broad SMARTS) is 1. The minimum absolute atomic E-state index is 0.373. The molecule has 0 rings (SSSR count). The van der Waals surface area contributed by atoms with Crippen LogP contribution in [0.5, 0.6) is 0 Å². The first kappa shape index (κ1) is 25.3. The van der Waals surface area contributed by atoms with Crippen molar-refractivity contribution in [2.75, 3.05) is 0 Å². The van der Waals surface area contributed by atoms with Crippen molar-refractivity contribution in [2.45, 2.75) is 64.4 Å². The molecule has 0 bridgehead atoms. The van der Waals surface area contributed by atoms with E-state index < -0.39 is 66.3 Å². The minimum Gasteiger partial charge on any atom is -0.480 e. The summed E-state index contributed by atoms with van der Waals surface area (Å²) in [4.78, 5) is 58.5. The number of nitrogens with one attached hydrogen (secondary N) is 3. The lowest BCUT2D eigenvalue weighted by molar-refractivity contribution is -0.143. The van der Waals surface area contributed by atoms with Crippen molar-refractivity contribution in [1.29, 1.82) is 0 Å². The SMILES string of the molecule is CC(NC(=O)C(NC(=O)C(N)C(C)O)C(C)C)C(=O)NC(CC(N)=O)C(=O)O. The lowest BCUT2D eigenvalue weighted by atomic mass is 10.0. The summed E-state index contributed by atoms with van der Waals surface area (Å²) < 4.78 is 0. The van der Waals surface area contributed by atoms with Crippen molar-refractivity contribution in [3.05, 3.63) is 0 Å². The largest absolute Gasteiger partial charge is 0.480 e. The summed E-state index contributed by atoms with van der Waals surface area (Å²) in [5, 5.41) is 25.2. The van der Waals surface area contributed by atoms with Gasteiger partial charge in [-0.2, -0.15) is 0 Å². The molecule has 0 aromatic heterocycles. The van der Waals surface area contributed by atoms with Gasteiger partial charge < -0.3 is 37.6 Å². The number of carbonyl (C=O) groups excluding carboxylic acids is 4. The van der Waals surface area contributed by atoms with Gasteiger partial charge in [0, 0.05) is 0 Å². The molecule has 12 heteroatoms. The Morgan fingerprint density at radius 2 is 1.43 bits per heavy atom. The number of hydrogen-bond acceptors (Lipinski definition) is 7. The third kappa shape index (κ3) is 8.31. The van der Waals surface area contributed by atoms with Gasteiger partial charge in [0.05, 0.1) is 12.5 Å². The van der Waals surface area contributed by atoms with E-state index in [1.807, 2.05) is 0 Å². The Morgan fingerprint density at radius 1 is 0.893 bits per heavy atom. The van der Waals surface area contributed by atoms with Gasteiger partial charge in [0.25, 0.3) is 0 Å². The Morgan fingerprint density at radius 3 is 1.82 bits per heavy atom. The van der Waals surface area contributed by atoms with Crippen LogP contribution >= 0.6 is 0 Å². The fourth-order valence-corrected chi connectivity index (χ4v) is 2.07. The normalized spacial score (nSPS) is 16.2. The average molecular weight is 403 g/mol. The molecule has 9 N–H and O–H groups in total. The molecule has 0 aliphatic heterocycles. The van der Waals surface area contributed by atoms with Gasteiger partial charge in [0.15, 0.2) is 0 Å². The first-order valence-electron chi connectivity index (χ1n) is 8.63. The molecule has 28 heavy (non-hydrogen) atoms. The second-order valence-corrected chi connectivity index (χ2v) is 6.80.